The third kappa shape index (κ3) is 7.02. The van der Waals surface area contributed by atoms with Crippen molar-refractivity contribution in [2.75, 3.05) is 13.2 Å². The number of benzene rings is 1. The molecule has 0 bridgehead atoms. The molecule has 4 heteroatoms. The SMILES string of the molecule is CC(C)NC(=O)NCCCOc1ccc(C(C)(C)C)cc1. The zero-order valence-electron chi connectivity index (χ0n) is 13.8. The van der Waals surface area contributed by atoms with Crippen LogP contribution in [0.1, 0.15) is 46.6 Å². The fourth-order valence-electron chi connectivity index (χ4n) is 1.83. The fourth-order valence-corrected chi connectivity index (χ4v) is 1.83. The van der Waals surface area contributed by atoms with Crippen LogP contribution in [-0.2, 0) is 5.41 Å². The van der Waals surface area contributed by atoms with Crippen LogP contribution in [0.2, 0.25) is 0 Å². The van der Waals surface area contributed by atoms with Crippen LogP contribution in [0.25, 0.3) is 0 Å². The second-order valence-corrected chi connectivity index (χ2v) is 6.53. The highest BCUT2D eigenvalue weighted by Crippen LogP contribution is 2.24. The van der Waals surface area contributed by atoms with Gasteiger partial charge in [0.05, 0.1) is 6.61 Å². The molecule has 0 aromatic heterocycles. The summed E-state index contributed by atoms with van der Waals surface area (Å²) < 4.78 is 5.66. The van der Waals surface area contributed by atoms with Crippen molar-refractivity contribution in [1.82, 2.24) is 10.6 Å². The average Bonchev–Trinajstić information content (AvgIpc) is 2.37. The Morgan fingerprint density at radius 3 is 2.33 bits per heavy atom. The molecule has 0 spiro atoms. The maximum Gasteiger partial charge on any atom is 0.314 e. The largest absolute Gasteiger partial charge is 0.494 e. The van der Waals surface area contributed by atoms with Gasteiger partial charge in [0.2, 0.25) is 0 Å². The van der Waals surface area contributed by atoms with Crippen molar-refractivity contribution in [3.05, 3.63) is 29.8 Å². The van der Waals surface area contributed by atoms with Crippen LogP contribution in [0.4, 0.5) is 4.79 Å². The van der Waals surface area contributed by atoms with Gasteiger partial charge in [-0.15, -0.1) is 0 Å². The minimum Gasteiger partial charge on any atom is -0.494 e. The van der Waals surface area contributed by atoms with Crippen LogP contribution < -0.4 is 15.4 Å². The van der Waals surface area contributed by atoms with E-state index >= 15 is 0 Å². The van der Waals surface area contributed by atoms with Gasteiger partial charge in [-0.05, 0) is 43.4 Å². The first-order valence-electron chi connectivity index (χ1n) is 7.57. The van der Waals surface area contributed by atoms with E-state index in [-0.39, 0.29) is 17.5 Å². The van der Waals surface area contributed by atoms with Crippen molar-refractivity contribution in [2.45, 2.75) is 52.5 Å². The highest BCUT2D eigenvalue weighted by Gasteiger charge is 2.12. The minimum atomic E-state index is -0.125. The molecule has 0 unspecified atom stereocenters. The summed E-state index contributed by atoms with van der Waals surface area (Å²) in [5.41, 5.74) is 1.45. The van der Waals surface area contributed by atoms with Gasteiger partial charge in [0.25, 0.3) is 0 Å². The van der Waals surface area contributed by atoms with Gasteiger partial charge in [-0.1, -0.05) is 32.9 Å². The number of hydrogen-bond acceptors (Lipinski definition) is 2. The van der Waals surface area contributed by atoms with E-state index in [0.29, 0.717) is 13.2 Å². The molecule has 0 saturated carbocycles. The summed E-state index contributed by atoms with van der Waals surface area (Å²) in [5.74, 6) is 0.870. The number of hydrogen-bond donors (Lipinski definition) is 2. The molecule has 0 heterocycles. The van der Waals surface area contributed by atoms with E-state index in [2.05, 4.69) is 43.5 Å². The summed E-state index contributed by atoms with van der Waals surface area (Å²) in [4.78, 5) is 11.4. The van der Waals surface area contributed by atoms with Crippen molar-refractivity contribution in [3.8, 4) is 5.75 Å². The lowest BCUT2D eigenvalue weighted by Gasteiger charge is -2.19. The third-order valence-corrected chi connectivity index (χ3v) is 3.02. The van der Waals surface area contributed by atoms with Crippen LogP contribution in [0.5, 0.6) is 5.75 Å². The van der Waals surface area contributed by atoms with Crippen LogP contribution >= 0.6 is 0 Å². The summed E-state index contributed by atoms with van der Waals surface area (Å²) >= 11 is 0. The molecule has 0 aliphatic heterocycles. The first kappa shape index (κ1) is 17.3. The highest BCUT2D eigenvalue weighted by molar-refractivity contribution is 5.73. The fraction of sp³-hybridized carbons (Fsp3) is 0.588. The molecule has 2 N–H and O–H groups in total. The van der Waals surface area contributed by atoms with Crippen molar-refractivity contribution in [2.24, 2.45) is 0 Å². The second-order valence-electron chi connectivity index (χ2n) is 6.53. The monoisotopic (exact) mass is 292 g/mol. The molecule has 4 nitrogen and oxygen atoms in total. The molecule has 0 aliphatic carbocycles. The average molecular weight is 292 g/mol. The van der Waals surface area contributed by atoms with E-state index < -0.39 is 0 Å². The molecule has 118 valence electrons. The number of ether oxygens (including phenoxy) is 1. The van der Waals surface area contributed by atoms with Crippen LogP contribution in [0.3, 0.4) is 0 Å². The lowest BCUT2D eigenvalue weighted by molar-refractivity contribution is 0.237. The standard InChI is InChI=1S/C17H28N2O2/c1-13(2)19-16(20)18-11-6-12-21-15-9-7-14(8-10-15)17(3,4)5/h7-10,13H,6,11-12H2,1-5H3,(H2,18,19,20). The van der Waals surface area contributed by atoms with Gasteiger partial charge in [-0.3, -0.25) is 0 Å². The van der Waals surface area contributed by atoms with E-state index in [0.717, 1.165) is 12.2 Å². The highest BCUT2D eigenvalue weighted by atomic mass is 16.5. The number of amides is 2. The predicted molar refractivity (Wildman–Crippen MR) is 86.9 cm³/mol. The lowest BCUT2D eigenvalue weighted by Crippen LogP contribution is -2.40. The molecule has 21 heavy (non-hydrogen) atoms. The van der Waals surface area contributed by atoms with Crippen LogP contribution in [0.15, 0.2) is 24.3 Å². The molecule has 0 aliphatic rings. The van der Waals surface area contributed by atoms with Gasteiger partial charge >= 0.3 is 6.03 Å². The van der Waals surface area contributed by atoms with Gasteiger partial charge in [0, 0.05) is 12.6 Å². The number of urea groups is 1. The maximum atomic E-state index is 11.4. The number of rotatable bonds is 6. The Bertz CT molecular complexity index is 433. The Morgan fingerprint density at radius 1 is 1.19 bits per heavy atom. The summed E-state index contributed by atoms with van der Waals surface area (Å²) in [6.07, 6.45) is 0.784. The van der Waals surface area contributed by atoms with Crippen molar-refractivity contribution < 1.29 is 9.53 Å². The van der Waals surface area contributed by atoms with Gasteiger partial charge in [-0.2, -0.15) is 0 Å². The Morgan fingerprint density at radius 2 is 1.81 bits per heavy atom. The number of carbonyl (C=O) groups excluding carboxylic acids is 1. The van der Waals surface area contributed by atoms with E-state index in [9.17, 15) is 4.79 Å². The maximum absolute atomic E-state index is 11.4. The first-order chi connectivity index (χ1) is 9.79. The van der Waals surface area contributed by atoms with E-state index in [1.54, 1.807) is 0 Å². The molecule has 0 saturated heterocycles. The van der Waals surface area contributed by atoms with Gasteiger partial charge in [-0.25, -0.2) is 4.79 Å². The summed E-state index contributed by atoms with van der Waals surface area (Å²) in [5, 5.41) is 5.58. The lowest BCUT2D eigenvalue weighted by atomic mass is 9.87. The van der Waals surface area contributed by atoms with Gasteiger partial charge < -0.3 is 15.4 Å². The molecule has 0 radical (unpaired) electrons. The van der Waals surface area contributed by atoms with E-state index in [1.165, 1.54) is 5.56 Å². The molecule has 0 fully saturated rings. The molecule has 1 aromatic carbocycles. The zero-order chi connectivity index (χ0) is 15.9. The molecule has 2 amide bonds. The molecule has 0 atom stereocenters. The van der Waals surface area contributed by atoms with Crippen LogP contribution in [0, 0.1) is 0 Å². The molecular weight excluding hydrogens is 264 g/mol. The topological polar surface area (TPSA) is 50.4 Å². The zero-order valence-corrected chi connectivity index (χ0v) is 13.8. The van der Waals surface area contributed by atoms with Crippen LogP contribution in [-0.4, -0.2) is 25.2 Å². The van der Waals surface area contributed by atoms with E-state index in [1.807, 2.05) is 26.0 Å². The Hall–Kier alpha value is -1.71. The minimum absolute atomic E-state index is 0.125. The summed E-state index contributed by atoms with van der Waals surface area (Å²) in [7, 11) is 0. The number of nitrogens with one attached hydrogen (secondary N) is 2. The van der Waals surface area contributed by atoms with Crippen molar-refractivity contribution in [3.63, 3.8) is 0 Å². The Kier molecular flexibility index (Phi) is 6.53. The van der Waals surface area contributed by atoms with Crippen molar-refractivity contribution >= 4 is 6.03 Å². The Balaban J connectivity index is 2.23. The second kappa shape index (κ2) is 7.91. The molecule has 1 aromatic rings. The van der Waals surface area contributed by atoms with Gasteiger partial charge in [0.15, 0.2) is 0 Å². The van der Waals surface area contributed by atoms with E-state index in [4.69, 9.17) is 4.74 Å². The predicted octanol–water partition coefficient (Wildman–Crippen LogP) is 3.46. The van der Waals surface area contributed by atoms with Crippen molar-refractivity contribution in [1.29, 1.82) is 0 Å². The first-order valence-corrected chi connectivity index (χ1v) is 7.57. The third-order valence-electron chi connectivity index (χ3n) is 3.02. The van der Waals surface area contributed by atoms with Gasteiger partial charge in [0.1, 0.15) is 5.75 Å². The smallest absolute Gasteiger partial charge is 0.314 e. The number of carbonyl (C=O) groups is 1. The molecule has 1 rings (SSSR count). The molecular formula is C17H28N2O2. The quantitative estimate of drug-likeness (QED) is 0.789. The Labute approximate surface area is 128 Å². The summed E-state index contributed by atoms with van der Waals surface area (Å²) in [6, 6.07) is 8.23. The summed E-state index contributed by atoms with van der Waals surface area (Å²) in [6.45, 7) is 11.6. The normalized spacial score (nSPS) is 11.3.